The zero-order valence-corrected chi connectivity index (χ0v) is 19.4. The third-order valence-corrected chi connectivity index (χ3v) is 9.83. The number of carbonyl (C=O) groups excluding carboxylic acids is 2. The molecule has 4 saturated carbocycles. The number of aliphatic hydroxyl groups excluding tert-OH is 1. The summed E-state index contributed by atoms with van der Waals surface area (Å²) >= 11 is 0. The summed E-state index contributed by atoms with van der Waals surface area (Å²) in [6, 6.07) is 0. The molecule has 0 amide bonds. The van der Waals surface area contributed by atoms with Gasteiger partial charge in [0.05, 0.1) is 6.10 Å². The molecular weight excluding hydrogens is 380 g/mol. The van der Waals surface area contributed by atoms with Crippen LogP contribution in [-0.2, 0) is 19.1 Å². The van der Waals surface area contributed by atoms with E-state index in [4.69, 9.17) is 9.47 Å². The van der Waals surface area contributed by atoms with Crippen molar-refractivity contribution in [1.29, 1.82) is 0 Å². The van der Waals surface area contributed by atoms with Gasteiger partial charge in [-0.25, -0.2) is 0 Å². The van der Waals surface area contributed by atoms with Gasteiger partial charge in [-0.05, 0) is 92.8 Å². The van der Waals surface area contributed by atoms with Crippen LogP contribution in [0.15, 0.2) is 0 Å². The molecule has 4 unspecified atom stereocenters. The molecule has 4 aliphatic rings. The molecule has 30 heavy (non-hydrogen) atoms. The molecule has 0 heterocycles. The molecule has 170 valence electrons. The van der Waals surface area contributed by atoms with Crippen molar-refractivity contribution in [2.45, 2.75) is 104 Å². The lowest BCUT2D eigenvalue weighted by Gasteiger charge is -2.63. The van der Waals surface area contributed by atoms with Crippen LogP contribution >= 0.6 is 0 Å². The number of carbonyl (C=O) groups is 2. The van der Waals surface area contributed by atoms with Gasteiger partial charge in [0, 0.05) is 19.8 Å². The van der Waals surface area contributed by atoms with Crippen LogP contribution in [0.2, 0.25) is 0 Å². The van der Waals surface area contributed by atoms with Crippen molar-refractivity contribution in [2.75, 3.05) is 0 Å². The first-order valence-electron chi connectivity index (χ1n) is 12.1. The van der Waals surface area contributed by atoms with Gasteiger partial charge in [0.1, 0.15) is 12.2 Å². The fraction of sp³-hybridized carbons (Fsp3) is 0.920. The molecule has 10 atom stereocenters. The molecule has 1 N–H and O–H groups in total. The Balaban J connectivity index is 1.65. The Labute approximate surface area is 181 Å². The molecule has 0 saturated heterocycles. The Hall–Kier alpha value is -1.10. The van der Waals surface area contributed by atoms with Crippen LogP contribution in [0, 0.1) is 40.4 Å². The summed E-state index contributed by atoms with van der Waals surface area (Å²) in [5.41, 5.74) is 0.150. The predicted octanol–water partition coefficient (Wildman–Crippen LogP) is 4.50. The average molecular weight is 421 g/mol. The van der Waals surface area contributed by atoms with E-state index in [1.807, 2.05) is 6.92 Å². The van der Waals surface area contributed by atoms with E-state index >= 15 is 0 Å². The van der Waals surface area contributed by atoms with Gasteiger partial charge in [-0.2, -0.15) is 0 Å². The van der Waals surface area contributed by atoms with Crippen molar-refractivity contribution in [2.24, 2.45) is 40.4 Å². The Morgan fingerprint density at radius 1 is 0.967 bits per heavy atom. The van der Waals surface area contributed by atoms with E-state index in [2.05, 4.69) is 13.8 Å². The third kappa shape index (κ3) is 3.49. The van der Waals surface area contributed by atoms with Gasteiger partial charge >= 0.3 is 11.9 Å². The standard InChI is InChI=1S/C25H40O5/c1-14(26)20-8-9-21-19-7-6-17-12-18(29-15(2)27)10-11-24(17,4)23(19)22(30-16(3)28)13-25(20,21)5/h14,17-23,26H,6-13H2,1-5H3/t14?,17?,18?,19-,20+,21-,22?,23+,24-,25+/m0/s1. The van der Waals surface area contributed by atoms with E-state index < -0.39 is 0 Å². The molecule has 5 nitrogen and oxygen atoms in total. The molecule has 0 radical (unpaired) electrons. The van der Waals surface area contributed by atoms with E-state index in [0.29, 0.717) is 23.7 Å². The lowest BCUT2D eigenvalue weighted by atomic mass is 9.43. The van der Waals surface area contributed by atoms with Gasteiger partial charge in [-0.3, -0.25) is 9.59 Å². The van der Waals surface area contributed by atoms with E-state index in [9.17, 15) is 14.7 Å². The van der Waals surface area contributed by atoms with E-state index in [1.165, 1.54) is 20.3 Å². The van der Waals surface area contributed by atoms with E-state index in [-0.39, 0.29) is 47.0 Å². The SMILES string of the molecule is CC(=O)OC1CC[C@@]2(C)C(CC[C@H]3[C@@H]4CC[C@H](C(C)O)[C@@]4(C)CC(OC(C)=O)[C@@H]32)C1. The Kier molecular flexibility index (Phi) is 5.74. The van der Waals surface area contributed by atoms with Crippen molar-refractivity contribution < 1.29 is 24.2 Å². The summed E-state index contributed by atoms with van der Waals surface area (Å²) in [7, 11) is 0. The van der Waals surface area contributed by atoms with Crippen LogP contribution in [0.25, 0.3) is 0 Å². The zero-order chi connectivity index (χ0) is 21.8. The number of rotatable bonds is 3. The lowest BCUT2D eigenvalue weighted by molar-refractivity contribution is -0.202. The molecule has 4 fully saturated rings. The normalized spacial score (nSPS) is 48.7. The number of fused-ring (bicyclic) bond motifs is 5. The fourth-order valence-electron chi connectivity index (χ4n) is 8.80. The van der Waals surface area contributed by atoms with Crippen LogP contribution in [0.3, 0.4) is 0 Å². The molecule has 0 bridgehead atoms. The third-order valence-electron chi connectivity index (χ3n) is 9.83. The minimum Gasteiger partial charge on any atom is -0.463 e. The maximum absolute atomic E-state index is 12.1. The van der Waals surface area contributed by atoms with Gasteiger partial charge < -0.3 is 14.6 Å². The number of esters is 2. The summed E-state index contributed by atoms with van der Waals surface area (Å²) < 4.78 is 11.6. The first-order valence-corrected chi connectivity index (χ1v) is 12.1. The molecule has 5 heteroatoms. The first kappa shape index (κ1) is 22.1. The highest BCUT2D eigenvalue weighted by atomic mass is 16.5. The number of hydrogen-bond acceptors (Lipinski definition) is 5. The van der Waals surface area contributed by atoms with E-state index in [0.717, 1.165) is 44.9 Å². The van der Waals surface area contributed by atoms with Crippen LogP contribution in [-0.4, -0.2) is 35.4 Å². The quantitative estimate of drug-likeness (QED) is 0.681. The highest BCUT2D eigenvalue weighted by molar-refractivity contribution is 5.66. The summed E-state index contributed by atoms with van der Waals surface area (Å²) in [6.45, 7) is 9.73. The molecule has 0 aromatic carbocycles. The summed E-state index contributed by atoms with van der Waals surface area (Å²) in [6.07, 6.45) is 7.93. The largest absolute Gasteiger partial charge is 0.463 e. The number of ether oxygens (including phenoxy) is 2. The molecule has 0 aromatic rings. The van der Waals surface area contributed by atoms with Gasteiger partial charge in [0.25, 0.3) is 0 Å². The Morgan fingerprint density at radius 2 is 1.67 bits per heavy atom. The van der Waals surface area contributed by atoms with Gasteiger partial charge in [-0.1, -0.05) is 13.8 Å². The van der Waals surface area contributed by atoms with Crippen LogP contribution in [0.4, 0.5) is 0 Å². The molecule has 0 aromatic heterocycles. The molecule has 0 spiro atoms. The highest BCUT2D eigenvalue weighted by Gasteiger charge is 2.64. The summed E-state index contributed by atoms with van der Waals surface area (Å²) in [5, 5.41) is 10.5. The van der Waals surface area contributed by atoms with E-state index in [1.54, 1.807) is 0 Å². The van der Waals surface area contributed by atoms with Crippen molar-refractivity contribution in [1.82, 2.24) is 0 Å². The van der Waals surface area contributed by atoms with Gasteiger partial charge in [0.2, 0.25) is 0 Å². The zero-order valence-electron chi connectivity index (χ0n) is 19.4. The molecular formula is C25H40O5. The molecule has 0 aliphatic heterocycles. The van der Waals surface area contributed by atoms with Gasteiger partial charge in [0.15, 0.2) is 0 Å². The lowest BCUT2D eigenvalue weighted by Crippen LogP contribution is -2.60. The Morgan fingerprint density at radius 3 is 2.30 bits per heavy atom. The Bertz CT molecular complexity index is 689. The maximum Gasteiger partial charge on any atom is 0.302 e. The fourth-order valence-corrected chi connectivity index (χ4v) is 8.80. The second-order valence-corrected chi connectivity index (χ2v) is 11.4. The van der Waals surface area contributed by atoms with Crippen LogP contribution in [0.1, 0.15) is 86.0 Å². The second-order valence-electron chi connectivity index (χ2n) is 11.4. The smallest absolute Gasteiger partial charge is 0.302 e. The molecule has 4 rings (SSSR count). The molecule has 4 aliphatic carbocycles. The summed E-state index contributed by atoms with van der Waals surface area (Å²) in [5.74, 6) is 1.93. The topological polar surface area (TPSA) is 72.8 Å². The van der Waals surface area contributed by atoms with Crippen molar-refractivity contribution in [3.8, 4) is 0 Å². The van der Waals surface area contributed by atoms with Crippen molar-refractivity contribution in [3.05, 3.63) is 0 Å². The van der Waals surface area contributed by atoms with Crippen molar-refractivity contribution in [3.63, 3.8) is 0 Å². The van der Waals surface area contributed by atoms with Crippen molar-refractivity contribution >= 4 is 11.9 Å². The minimum absolute atomic E-state index is 0.0317. The maximum atomic E-state index is 12.1. The highest BCUT2D eigenvalue weighted by Crippen LogP contribution is 2.68. The van der Waals surface area contributed by atoms with Crippen LogP contribution < -0.4 is 0 Å². The minimum atomic E-state index is -0.319. The van der Waals surface area contributed by atoms with Crippen LogP contribution in [0.5, 0.6) is 0 Å². The number of hydrogen-bond donors (Lipinski definition) is 1. The second kappa shape index (κ2) is 7.79. The number of aliphatic hydroxyl groups is 1. The average Bonchev–Trinajstić information content (AvgIpc) is 2.97. The monoisotopic (exact) mass is 420 g/mol. The predicted molar refractivity (Wildman–Crippen MR) is 113 cm³/mol. The van der Waals surface area contributed by atoms with Gasteiger partial charge in [-0.15, -0.1) is 0 Å². The summed E-state index contributed by atoms with van der Waals surface area (Å²) in [4.78, 5) is 23.6. The first-order chi connectivity index (χ1) is 14.1.